The minimum atomic E-state index is -1.14. The molecule has 0 saturated heterocycles. The van der Waals surface area contributed by atoms with E-state index in [-0.39, 0.29) is 49.1 Å². The van der Waals surface area contributed by atoms with Crippen molar-refractivity contribution in [2.75, 3.05) is 41.0 Å². The summed E-state index contributed by atoms with van der Waals surface area (Å²) in [6.07, 6.45) is 19.8. The first-order valence-electron chi connectivity index (χ1n) is 14.4. The second kappa shape index (κ2) is 22.8. The van der Waals surface area contributed by atoms with Gasteiger partial charge in [-0.1, -0.05) is 70.3 Å². The molecule has 0 aromatic rings. The van der Waals surface area contributed by atoms with Crippen molar-refractivity contribution in [1.82, 2.24) is 0 Å². The van der Waals surface area contributed by atoms with Crippen molar-refractivity contribution in [1.29, 1.82) is 0 Å². The van der Waals surface area contributed by atoms with Crippen LogP contribution in [0.1, 0.15) is 97.3 Å². The average molecular weight is 540 g/mol. The van der Waals surface area contributed by atoms with Gasteiger partial charge in [0, 0.05) is 19.3 Å². The summed E-state index contributed by atoms with van der Waals surface area (Å²) >= 11 is 0. The number of esters is 2. The van der Waals surface area contributed by atoms with Crippen LogP contribution in [0.25, 0.3) is 0 Å². The van der Waals surface area contributed by atoms with E-state index in [9.17, 15) is 19.5 Å². The summed E-state index contributed by atoms with van der Waals surface area (Å²) in [5.41, 5.74) is 0. The number of likely N-dealkylation sites (N-methyl/N-ethyl adjacent to an activating group) is 1. The Labute approximate surface area is 231 Å². The van der Waals surface area contributed by atoms with Crippen molar-refractivity contribution in [2.45, 2.75) is 109 Å². The van der Waals surface area contributed by atoms with Crippen LogP contribution < -0.4 is 5.11 Å². The van der Waals surface area contributed by atoms with Gasteiger partial charge < -0.3 is 28.6 Å². The molecule has 38 heavy (non-hydrogen) atoms. The SMILES string of the molecule is CCCC/C=C\C/C=C\CCCCCCCC(=O)OC(COCCC(C(=O)[O-])[N+](C)(C)C)COC(=O)CC. The molecule has 0 amide bonds. The molecule has 0 heterocycles. The number of hydrogen-bond acceptors (Lipinski definition) is 7. The topological polar surface area (TPSA) is 102 Å². The lowest BCUT2D eigenvalue weighted by atomic mass is 10.1. The Balaban J connectivity index is 4.20. The summed E-state index contributed by atoms with van der Waals surface area (Å²) in [6, 6.07) is -0.720. The smallest absolute Gasteiger partial charge is 0.306 e. The number of carbonyl (C=O) groups excluding carboxylic acids is 3. The number of rotatable bonds is 24. The van der Waals surface area contributed by atoms with Gasteiger partial charge in [-0.3, -0.25) is 9.59 Å². The number of quaternary nitrogens is 1. The van der Waals surface area contributed by atoms with E-state index >= 15 is 0 Å². The lowest BCUT2D eigenvalue weighted by Gasteiger charge is -2.34. The highest BCUT2D eigenvalue weighted by molar-refractivity contribution is 5.70. The van der Waals surface area contributed by atoms with Crippen LogP contribution in [0.15, 0.2) is 24.3 Å². The van der Waals surface area contributed by atoms with Gasteiger partial charge >= 0.3 is 11.9 Å². The van der Waals surface area contributed by atoms with E-state index in [1.54, 1.807) is 28.1 Å². The van der Waals surface area contributed by atoms with Gasteiger partial charge in [0.25, 0.3) is 0 Å². The molecule has 0 bridgehead atoms. The van der Waals surface area contributed by atoms with Crippen molar-refractivity contribution < 1.29 is 38.2 Å². The molecular formula is C30H53NO7. The molecule has 8 heteroatoms. The molecule has 0 spiro atoms. The lowest BCUT2D eigenvalue weighted by Crippen LogP contribution is -2.55. The number of hydrogen-bond donors (Lipinski definition) is 0. The highest BCUT2D eigenvalue weighted by Gasteiger charge is 2.25. The summed E-state index contributed by atoms with van der Waals surface area (Å²) in [7, 11) is 5.34. The first kappa shape index (κ1) is 35.8. The molecule has 0 aliphatic heterocycles. The zero-order valence-corrected chi connectivity index (χ0v) is 24.6. The van der Waals surface area contributed by atoms with Gasteiger partial charge in [-0.25, -0.2) is 0 Å². The van der Waals surface area contributed by atoms with E-state index in [1.807, 2.05) is 0 Å². The molecule has 0 N–H and O–H groups in total. The molecule has 2 atom stereocenters. The number of carboxylic acids is 1. The molecule has 0 aromatic carbocycles. The molecule has 8 nitrogen and oxygen atoms in total. The van der Waals surface area contributed by atoms with Crippen molar-refractivity contribution in [3.63, 3.8) is 0 Å². The molecule has 0 aliphatic rings. The quantitative estimate of drug-likeness (QED) is 0.0770. The largest absolute Gasteiger partial charge is 0.544 e. The Morgan fingerprint density at radius 2 is 1.45 bits per heavy atom. The van der Waals surface area contributed by atoms with Gasteiger partial charge in [0.1, 0.15) is 12.6 Å². The fourth-order valence-corrected chi connectivity index (χ4v) is 3.77. The predicted molar refractivity (Wildman–Crippen MR) is 148 cm³/mol. The number of aliphatic carboxylic acids is 1. The van der Waals surface area contributed by atoms with Crippen molar-refractivity contribution in [3.8, 4) is 0 Å². The maximum Gasteiger partial charge on any atom is 0.306 e. The number of carbonyl (C=O) groups is 3. The highest BCUT2D eigenvalue weighted by atomic mass is 16.6. The minimum absolute atomic E-state index is 0.0295. The summed E-state index contributed by atoms with van der Waals surface area (Å²) in [5, 5.41) is 11.4. The summed E-state index contributed by atoms with van der Waals surface area (Å²) in [5.74, 6) is -1.87. The Bertz CT molecular complexity index is 697. The van der Waals surface area contributed by atoms with Crippen LogP contribution in [0.2, 0.25) is 0 Å². The third-order valence-corrected chi connectivity index (χ3v) is 6.15. The fourth-order valence-electron chi connectivity index (χ4n) is 3.77. The first-order valence-corrected chi connectivity index (χ1v) is 14.4. The molecule has 2 unspecified atom stereocenters. The molecule has 0 fully saturated rings. The van der Waals surface area contributed by atoms with Crippen LogP contribution in [0.5, 0.6) is 0 Å². The van der Waals surface area contributed by atoms with Gasteiger partial charge in [-0.15, -0.1) is 0 Å². The van der Waals surface area contributed by atoms with Gasteiger partial charge in [-0.2, -0.15) is 0 Å². The number of allylic oxidation sites excluding steroid dienone is 4. The van der Waals surface area contributed by atoms with E-state index in [0.717, 1.165) is 44.9 Å². The Hall–Kier alpha value is -2.19. The second-order valence-electron chi connectivity index (χ2n) is 10.6. The van der Waals surface area contributed by atoms with E-state index in [2.05, 4.69) is 31.2 Å². The van der Waals surface area contributed by atoms with E-state index in [4.69, 9.17) is 14.2 Å². The fraction of sp³-hybridized carbons (Fsp3) is 0.767. The molecule has 0 rings (SSSR count). The van der Waals surface area contributed by atoms with Gasteiger partial charge in [0.05, 0.1) is 40.3 Å². The first-order chi connectivity index (χ1) is 18.1. The molecule has 0 saturated carbocycles. The predicted octanol–water partition coefficient (Wildman–Crippen LogP) is 4.51. The summed E-state index contributed by atoms with van der Waals surface area (Å²) < 4.78 is 16.4. The molecule has 0 radical (unpaired) electrons. The number of carboxylic acid groups (broad SMARTS) is 1. The van der Waals surface area contributed by atoms with Gasteiger partial charge in [-0.05, 0) is 32.1 Å². The standard InChI is InChI=1S/C30H53NO7/c1-6-8-9-10-11-12-13-14-15-16-17-18-19-20-21-29(33)38-26(25-37-28(32)7-2)24-36-23-22-27(30(34)35)31(3,4)5/h10-11,13-14,26-27H,6-9,12,15-25H2,1-5H3/b11-10-,14-13-. The third kappa shape index (κ3) is 20.8. The van der Waals surface area contributed by atoms with Crippen molar-refractivity contribution in [2.24, 2.45) is 0 Å². The zero-order chi connectivity index (χ0) is 28.7. The van der Waals surface area contributed by atoms with Gasteiger partial charge in [0.15, 0.2) is 6.10 Å². The Kier molecular flexibility index (Phi) is 21.5. The second-order valence-corrected chi connectivity index (χ2v) is 10.6. The normalized spacial score (nSPS) is 13.6. The molecule has 0 aliphatic carbocycles. The average Bonchev–Trinajstić information content (AvgIpc) is 2.85. The minimum Gasteiger partial charge on any atom is -0.544 e. The van der Waals surface area contributed by atoms with Gasteiger partial charge in [0.2, 0.25) is 0 Å². The van der Waals surface area contributed by atoms with Crippen LogP contribution in [0.3, 0.4) is 0 Å². The summed E-state index contributed by atoms with van der Waals surface area (Å²) in [6.45, 7) is 4.00. The Morgan fingerprint density at radius 3 is 2.05 bits per heavy atom. The lowest BCUT2D eigenvalue weighted by molar-refractivity contribution is -0.889. The van der Waals surface area contributed by atoms with Crippen LogP contribution >= 0.6 is 0 Å². The number of unbranched alkanes of at least 4 members (excludes halogenated alkanes) is 7. The maximum atomic E-state index is 12.3. The van der Waals surface area contributed by atoms with E-state index < -0.39 is 18.1 Å². The monoisotopic (exact) mass is 539 g/mol. The third-order valence-electron chi connectivity index (χ3n) is 6.15. The maximum absolute atomic E-state index is 12.3. The van der Waals surface area contributed by atoms with Crippen LogP contribution in [-0.2, 0) is 28.6 Å². The van der Waals surface area contributed by atoms with Crippen LogP contribution in [-0.4, -0.2) is 75.5 Å². The number of ether oxygens (including phenoxy) is 3. The number of nitrogens with zero attached hydrogens (tertiary/aromatic N) is 1. The van der Waals surface area contributed by atoms with Crippen LogP contribution in [0.4, 0.5) is 0 Å². The van der Waals surface area contributed by atoms with Crippen molar-refractivity contribution >= 4 is 17.9 Å². The van der Waals surface area contributed by atoms with E-state index in [0.29, 0.717) is 6.42 Å². The van der Waals surface area contributed by atoms with Crippen LogP contribution in [0, 0.1) is 0 Å². The zero-order valence-electron chi connectivity index (χ0n) is 24.6. The van der Waals surface area contributed by atoms with E-state index in [1.165, 1.54) is 19.3 Å². The molecule has 0 aromatic heterocycles. The molecular weight excluding hydrogens is 486 g/mol. The Morgan fingerprint density at radius 1 is 0.816 bits per heavy atom. The molecule has 220 valence electrons. The summed E-state index contributed by atoms with van der Waals surface area (Å²) in [4.78, 5) is 35.3. The highest BCUT2D eigenvalue weighted by Crippen LogP contribution is 2.11. The van der Waals surface area contributed by atoms with Crippen molar-refractivity contribution in [3.05, 3.63) is 24.3 Å².